The van der Waals surface area contributed by atoms with Crippen LogP contribution < -0.4 is 16.0 Å². The molecule has 180 valence electrons. The first kappa shape index (κ1) is 22.6. The number of hydrogen-bond donors (Lipinski definition) is 5. The number of aromatic hydroxyl groups is 1. The van der Waals surface area contributed by atoms with Crippen molar-refractivity contribution in [3.05, 3.63) is 65.1 Å². The number of anilines is 5. The molecule has 0 radical (unpaired) electrons. The summed E-state index contributed by atoms with van der Waals surface area (Å²) in [4.78, 5) is 32.1. The number of aliphatic hydroxyl groups is 1. The summed E-state index contributed by atoms with van der Waals surface area (Å²) in [5, 5.41) is 28.5. The maximum Gasteiger partial charge on any atom is 0.261 e. The molecule has 5 rings (SSSR count). The zero-order valence-corrected chi connectivity index (χ0v) is 18.9. The summed E-state index contributed by atoms with van der Waals surface area (Å²) < 4.78 is 14.5. The molecule has 1 aromatic heterocycles. The fourth-order valence-corrected chi connectivity index (χ4v) is 4.25. The lowest BCUT2D eigenvalue weighted by molar-refractivity contribution is 0.0546. The van der Waals surface area contributed by atoms with E-state index in [0.29, 0.717) is 48.4 Å². The Hall–Kier alpha value is -4.18. The Kier molecular flexibility index (Phi) is 5.73. The van der Waals surface area contributed by atoms with Gasteiger partial charge in [-0.1, -0.05) is 0 Å². The zero-order chi connectivity index (χ0) is 24.7. The van der Waals surface area contributed by atoms with Gasteiger partial charge in [0, 0.05) is 30.9 Å². The van der Waals surface area contributed by atoms with Crippen LogP contribution in [-0.2, 0) is 0 Å². The average molecular weight is 477 g/mol. The number of fused-ring (bicyclic) bond motifs is 2. The lowest BCUT2D eigenvalue weighted by Gasteiger charge is -2.29. The van der Waals surface area contributed by atoms with E-state index in [1.165, 1.54) is 24.4 Å². The number of halogens is 1. The van der Waals surface area contributed by atoms with Crippen molar-refractivity contribution in [1.82, 2.24) is 9.88 Å². The molecule has 3 heterocycles. The lowest BCUT2D eigenvalue weighted by atomic mass is 10.1. The Morgan fingerprint density at radius 3 is 2.66 bits per heavy atom. The smallest absolute Gasteiger partial charge is 0.261 e. The second-order valence-electron chi connectivity index (χ2n) is 8.69. The third-order valence-corrected chi connectivity index (χ3v) is 6.25. The molecule has 0 saturated carbocycles. The van der Waals surface area contributed by atoms with Crippen molar-refractivity contribution < 1.29 is 24.2 Å². The maximum atomic E-state index is 14.5. The standard InChI is InChI=1S/C25H24FN5O4/c1-13-10-16(26)19(12-21(13)33)28-18-4-7-27-23-22(18)24(34)30-20-11-14(2-3-17(20)29-23)25(35)31-8-5-15(32)6-9-31/h2-4,7,10-12,15,32-33H,5-6,8-9H2,1H3,(H,30,34)(H2,27,28,29). The first-order chi connectivity index (χ1) is 16.8. The molecule has 5 N–H and O–H groups in total. The highest BCUT2D eigenvalue weighted by atomic mass is 19.1. The second kappa shape index (κ2) is 8.88. The van der Waals surface area contributed by atoms with Crippen LogP contribution in [0.3, 0.4) is 0 Å². The lowest BCUT2D eigenvalue weighted by Crippen LogP contribution is -2.40. The van der Waals surface area contributed by atoms with Gasteiger partial charge >= 0.3 is 0 Å². The third-order valence-electron chi connectivity index (χ3n) is 6.25. The summed E-state index contributed by atoms with van der Waals surface area (Å²) in [6.45, 7) is 2.53. The van der Waals surface area contributed by atoms with Crippen molar-refractivity contribution in [2.75, 3.05) is 29.0 Å². The molecule has 0 spiro atoms. The van der Waals surface area contributed by atoms with Gasteiger partial charge in [-0.2, -0.15) is 0 Å². The number of aromatic nitrogens is 1. The van der Waals surface area contributed by atoms with Crippen LogP contribution in [0.5, 0.6) is 5.75 Å². The van der Waals surface area contributed by atoms with E-state index in [1.54, 1.807) is 30.0 Å². The van der Waals surface area contributed by atoms with Gasteiger partial charge in [0.05, 0.1) is 28.9 Å². The molecule has 3 aromatic rings. The van der Waals surface area contributed by atoms with E-state index in [2.05, 4.69) is 20.9 Å². The van der Waals surface area contributed by atoms with E-state index in [1.807, 2.05) is 0 Å². The molecule has 0 aliphatic carbocycles. The number of aryl methyl sites for hydroxylation is 1. The molecule has 2 aliphatic rings. The molecule has 1 fully saturated rings. The highest BCUT2D eigenvalue weighted by Crippen LogP contribution is 2.36. The van der Waals surface area contributed by atoms with E-state index in [0.717, 1.165) is 0 Å². The zero-order valence-electron chi connectivity index (χ0n) is 18.9. The molecule has 0 unspecified atom stereocenters. The molecule has 2 aromatic carbocycles. The molecule has 2 amide bonds. The van der Waals surface area contributed by atoms with Gasteiger partial charge in [-0.15, -0.1) is 0 Å². The van der Waals surface area contributed by atoms with Crippen molar-refractivity contribution in [2.24, 2.45) is 0 Å². The molecule has 10 heteroatoms. The number of pyridine rings is 1. The number of amides is 2. The second-order valence-corrected chi connectivity index (χ2v) is 8.69. The van der Waals surface area contributed by atoms with Crippen LogP contribution in [0.4, 0.5) is 33.0 Å². The molecule has 0 atom stereocenters. The number of carbonyl (C=O) groups is 2. The van der Waals surface area contributed by atoms with Crippen LogP contribution in [0, 0.1) is 12.7 Å². The van der Waals surface area contributed by atoms with E-state index in [4.69, 9.17) is 0 Å². The van der Waals surface area contributed by atoms with Gasteiger partial charge in [0.15, 0.2) is 0 Å². The third kappa shape index (κ3) is 4.35. The fourth-order valence-electron chi connectivity index (χ4n) is 4.25. The van der Waals surface area contributed by atoms with E-state index in [9.17, 15) is 24.2 Å². The Labute approximate surface area is 200 Å². The largest absolute Gasteiger partial charge is 0.508 e. The normalized spacial score (nSPS) is 15.4. The van der Waals surface area contributed by atoms with Crippen LogP contribution in [-0.4, -0.2) is 51.1 Å². The Morgan fingerprint density at radius 2 is 1.89 bits per heavy atom. The molecule has 35 heavy (non-hydrogen) atoms. The highest BCUT2D eigenvalue weighted by molar-refractivity contribution is 6.15. The van der Waals surface area contributed by atoms with Crippen LogP contribution in [0.15, 0.2) is 42.6 Å². The molecule has 9 nitrogen and oxygen atoms in total. The van der Waals surface area contributed by atoms with Gasteiger partial charge in [0.2, 0.25) is 0 Å². The Bertz CT molecular complexity index is 1340. The quantitative estimate of drug-likeness (QED) is 0.387. The number of aliphatic hydroxyl groups excluding tert-OH is 1. The Balaban J connectivity index is 1.44. The summed E-state index contributed by atoms with van der Waals surface area (Å²) in [7, 11) is 0. The molecular weight excluding hydrogens is 453 g/mol. The van der Waals surface area contributed by atoms with Gasteiger partial charge in [0.1, 0.15) is 22.9 Å². The first-order valence-corrected chi connectivity index (χ1v) is 11.2. The molecular formula is C25H24FN5O4. The van der Waals surface area contributed by atoms with Gasteiger partial charge in [-0.05, 0) is 55.7 Å². The van der Waals surface area contributed by atoms with Crippen molar-refractivity contribution in [3.8, 4) is 5.75 Å². The van der Waals surface area contributed by atoms with E-state index < -0.39 is 11.7 Å². The van der Waals surface area contributed by atoms with E-state index in [-0.39, 0.29) is 40.5 Å². The summed E-state index contributed by atoms with van der Waals surface area (Å²) >= 11 is 0. The predicted octanol–water partition coefficient (Wildman–Crippen LogP) is 3.88. The van der Waals surface area contributed by atoms with Gasteiger partial charge in [-0.3, -0.25) is 9.59 Å². The van der Waals surface area contributed by atoms with Gasteiger partial charge < -0.3 is 31.1 Å². The predicted molar refractivity (Wildman–Crippen MR) is 129 cm³/mol. The molecule has 2 aliphatic heterocycles. The summed E-state index contributed by atoms with van der Waals surface area (Å²) in [6, 6.07) is 8.95. The van der Waals surface area contributed by atoms with Crippen molar-refractivity contribution >= 4 is 40.4 Å². The Morgan fingerprint density at radius 1 is 1.11 bits per heavy atom. The fraction of sp³-hybridized carbons (Fsp3) is 0.240. The van der Waals surface area contributed by atoms with Crippen molar-refractivity contribution in [2.45, 2.75) is 25.9 Å². The minimum atomic E-state index is -0.579. The summed E-state index contributed by atoms with van der Waals surface area (Å²) in [5.41, 5.74) is 2.21. The van der Waals surface area contributed by atoms with Crippen LogP contribution in [0.25, 0.3) is 0 Å². The number of nitrogens with one attached hydrogen (secondary N) is 3. The van der Waals surface area contributed by atoms with Gasteiger partial charge in [0.25, 0.3) is 11.8 Å². The number of likely N-dealkylation sites (tertiary alicyclic amines) is 1. The minimum Gasteiger partial charge on any atom is -0.508 e. The van der Waals surface area contributed by atoms with Crippen LogP contribution in [0.1, 0.15) is 39.1 Å². The minimum absolute atomic E-state index is 0.00981. The maximum absolute atomic E-state index is 14.5. The first-order valence-electron chi connectivity index (χ1n) is 11.2. The van der Waals surface area contributed by atoms with Crippen molar-refractivity contribution in [3.63, 3.8) is 0 Å². The number of phenols is 1. The number of piperidine rings is 1. The summed E-state index contributed by atoms with van der Waals surface area (Å²) in [5.74, 6) is -1.07. The van der Waals surface area contributed by atoms with Crippen LogP contribution >= 0.6 is 0 Å². The number of phenolic OH excluding ortho intramolecular Hbond substituents is 1. The van der Waals surface area contributed by atoms with Crippen LogP contribution in [0.2, 0.25) is 0 Å². The van der Waals surface area contributed by atoms with Gasteiger partial charge in [-0.25, -0.2) is 9.37 Å². The SMILES string of the molecule is Cc1cc(F)c(Nc2ccnc3c2C(=O)Nc2cc(C(=O)N4CCC(O)CC4)ccc2N3)cc1O. The number of hydrogen-bond acceptors (Lipinski definition) is 7. The number of carbonyl (C=O) groups excluding carboxylic acids is 2. The number of rotatable bonds is 3. The number of nitrogens with zero attached hydrogens (tertiary/aromatic N) is 2. The van der Waals surface area contributed by atoms with Crippen molar-refractivity contribution in [1.29, 1.82) is 0 Å². The summed E-state index contributed by atoms with van der Waals surface area (Å²) in [6.07, 6.45) is 2.15. The highest BCUT2D eigenvalue weighted by Gasteiger charge is 2.27. The molecule has 0 bridgehead atoms. The topological polar surface area (TPSA) is 127 Å². The monoisotopic (exact) mass is 477 g/mol. The molecule has 1 saturated heterocycles. The van der Waals surface area contributed by atoms with E-state index >= 15 is 0 Å². The number of benzene rings is 2. The average Bonchev–Trinajstić information content (AvgIpc) is 2.98.